The van der Waals surface area contributed by atoms with Gasteiger partial charge in [0.1, 0.15) is 0 Å². The molecule has 0 aliphatic heterocycles. The van der Waals surface area contributed by atoms with E-state index in [0.29, 0.717) is 0 Å². The van der Waals surface area contributed by atoms with Gasteiger partial charge in [-0.3, -0.25) is 4.98 Å². The van der Waals surface area contributed by atoms with Crippen molar-refractivity contribution in [2.45, 2.75) is 6.92 Å². The molecule has 0 atom stereocenters. The Balaban J connectivity index is 2.07. The molecule has 2 heteroatoms. The van der Waals surface area contributed by atoms with E-state index in [1.807, 2.05) is 36.5 Å². The Morgan fingerprint density at radius 2 is 1.55 bits per heavy atom. The Labute approximate surface area is 127 Å². The summed E-state index contributed by atoms with van der Waals surface area (Å²) >= 11 is 3.60. The highest BCUT2D eigenvalue weighted by Gasteiger charge is 2.08. The van der Waals surface area contributed by atoms with Crippen molar-refractivity contribution in [3.05, 3.63) is 76.9 Å². The Kier molecular flexibility index (Phi) is 3.66. The van der Waals surface area contributed by atoms with Gasteiger partial charge in [-0.15, -0.1) is 0 Å². The highest BCUT2D eigenvalue weighted by atomic mass is 79.9. The molecule has 98 valence electrons. The highest BCUT2D eigenvalue weighted by Crippen LogP contribution is 2.31. The zero-order chi connectivity index (χ0) is 13.9. The summed E-state index contributed by atoms with van der Waals surface area (Å²) in [5.41, 5.74) is 5.73. The molecule has 0 aliphatic rings. The summed E-state index contributed by atoms with van der Waals surface area (Å²) < 4.78 is 1.09. The van der Waals surface area contributed by atoms with Gasteiger partial charge < -0.3 is 0 Å². The van der Waals surface area contributed by atoms with Crippen LogP contribution in [0.4, 0.5) is 0 Å². The van der Waals surface area contributed by atoms with E-state index in [0.717, 1.165) is 21.3 Å². The molecular formula is C18H14BrN. The summed E-state index contributed by atoms with van der Waals surface area (Å²) in [5.74, 6) is 0. The van der Waals surface area contributed by atoms with Crippen molar-refractivity contribution in [2.24, 2.45) is 0 Å². The molecule has 1 heterocycles. The van der Waals surface area contributed by atoms with Crippen molar-refractivity contribution in [1.82, 2.24) is 4.98 Å². The number of aromatic nitrogens is 1. The number of hydrogen-bond donors (Lipinski definition) is 0. The maximum Gasteiger partial charge on any atom is 0.0705 e. The quantitative estimate of drug-likeness (QED) is 0.608. The Morgan fingerprint density at radius 3 is 2.25 bits per heavy atom. The molecule has 3 aromatic rings. The largest absolute Gasteiger partial charge is 0.256 e. The molecule has 0 amide bonds. The van der Waals surface area contributed by atoms with Gasteiger partial charge in [0.05, 0.1) is 5.69 Å². The van der Waals surface area contributed by atoms with Crippen LogP contribution in [-0.4, -0.2) is 4.98 Å². The fourth-order valence-corrected chi connectivity index (χ4v) is 2.78. The predicted octanol–water partition coefficient (Wildman–Crippen LogP) is 5.49. The lowest BCUT2D eigenvalue weighted by Gasteiger charge is -2.10. The summed E-state index contributed by atoms with van der Waals surface area (Å²) in [4.78, 5) is 4.61. The third-order valence-electron chi connectivity index (χ3n) is 3.34. The van der Waals surface area contributed by atoms with E-state index < -0.39 is 0 Å². The first kappa shape index (κ1) is 13.1. The molecule has 0 radical (unpaired) electrons. The number of benzene rings is 2. The van der Waals surface area contributed by atoms with Gasteiger partial charge in [0.2, 0.25) is 0 Å². The standard InChI is InChI=1S/C18H14BrN/c1-13-11-18(14-7-3-2-4-8-14)20-12-16(13)15-9-5-6-10-17(15)19/h2-12H,1H3. The van der Waals surface area contributed by atoms with E-state index in [1.54, 1.807) is 0 Å². The SMILES string of the molecule is Cc1cc(-c2ccccc2)ncc1-c1ccccc1Br. The lowest BCUT2D eigenvalue weighted by Crippen LogP contribution is -1.90. The summed E-state index contributed by atoms with van der Waals surface area (Å²) in [6, 6.07) is 20.6. The molecular weight excluding hydrogens is 310 g/mol. The average Bonchev–Trinajstić information content (AvgIpc) is 2.49. The van der Waals surface area contributed by atoms with Gasteiger partial charge in [-0.05, 0) is 30.2 Å². The van der Waals surface area contributed by atoms with Crippen LogP contribution in [0, 0.1) is 6.92 Å². The second-order valence-corrected chi connectivity index (χ2v) is 5.58. The molecule has 0 N–H and O–H groups in total. The van der Waals surface area contributed by atoms with Gasteiger partial charge in [-0.25, -0.2) is 0 Å². The number of aryl methyl sites for hydroxylation is 1. The van der Waals surface area contributed by atoms with Crippen LogP contribution in [0.1, 0.15) is 5.56 Å². The minimum Gasteiger partial charge on any atom is -0.256 e. The van der Waals surface area contributed by atoms with E-state index in [-0.39, 0.29) is 0 Å². The molecule has 3 rings (SSSR count). The summed E-state index contributed by atoms with van der Waals surface area (Å²) in [6.45, 7) is 2.13. The maximum absolute atomic E-state index is 4.61. The van der Waals surface area contributed by atoms with Crippen LogP contribution >= 0.6 is 15.9 Å². The molecule has 20 heavy (non-hydrogen) atoms. The van der Waals surface area contributed by atoms with Gasteiger partial charge in [-0.1, -0.05) is 64.5 Å². The normalized spacial score (nSPS) is 10.5. The van der Waals surface area contributed by atoms with Crippen molar-refractivity contribution in [3.8, 4) is 22.4 Å². The van der Waals surface area contributed by atoms with Crippen LogP contribution in [0.3, 0.4) is 0 Å². The van der Waals surface area contributed by atoms with Crippen molar-refractivity contribution in [3.63, 3.8) is 0 Å². The van der Waals surface area contributed by atoms with Gasteiger partial charge >= 0.3 is 0 Å². The summed E-state index contributed by atoms with van der Waals surface area (Å²) in [5, 5.41) is 0. The minimum absolute atomic E-state index is 1.01. The molecule has 0 saturated carbocycles. The topological polar surface area (TPSA) is 12.9 Å². The molecule has 0 spiro atoms. The average molecular weight is 324 g/mol. The van der Waals surface area contributed by atoms with Crippen molar-refractivity contribution >= 4 is 15.9 Å². The lowest BCUT2D eigenvalue weighted by molar-refractivity contribution is 1.28. The van der Waals surface area contributed by atoms with Gasteiger partial charge in [0.25, 0.3) is 0 Å². The van der Waals surface area contributed by atoms with Crippen LogP contribution < -0.4 is 0 Å². The van der Waals surface area contributed by atoms with Crippen LogP contribution in [0.25, 0.3) is 22.4 Å². The highest BCUT2D eigenvalue weighted by molar-refractivity contribution is 9.10. The van der Waals surface area contributed by atoms with E-state index in [2.05, 4.69) is 58.2 Å². The van der Waals surface area contributed by atoms with E-state index in [1.165, 1.54) is 11.1 Å². The van der Waals surface area contributed by atoms with Crippen LogP contribution in [0.5, 0.6) is 0 Å². The van der Waals surface area contributed by atoms with Gasteiger partial charge in [0, 0.05) is 21.8 Å². The third-order valence-corrected chi connectivity index (χ3v) is 4.04. The molecule has 0 fully saturated rings. The number of rotatable bonds is 2. The summed E-state index contributed by atoms with van der Waals surface area (Å²) in [7, 11) is 0. The second-order valence-electron chi connectivity index (χ2n) is 4.73. The van der Waals surface area contributed by atoms with E-state index >= 15 is 0 Å². The number of hydrogen-bond acceptors (Lipinski definition) is 1. The fraction of sp³-hybridized carbons (Fsp3) is 0.0556. The number of halogens is 1. The first-order valence-electron chi connectivity index (χ1n) is 6.52. The van der Waals surface area contributed by atoms with E-state index in [4.69, 9.17) is 0 Å². The molecule has 0 aliphatic carbocycles. The van der Waals surface area contributed by atoms with Crippen molar-refractivity contribution < 1.29 is 0 Å². The van der Waals surface area contributed by atoms with Gasteiger partial charge in [-0.2, -0.15) is 0 Å². The van der Waals surface area contributed by atoms with Crippen LogP contribution in [0.2, 0.25) is 0 Å². The van der Waals surface area contributed by atoms with Crippen LogP contribution in [0.15, 0.2) is 71.3 Å². The molecule has 0 bridgehead atoms. The molecule has 0 saturated heterocycles. The van der Waals surface area contributed by atoms with Crippen LogP contribution in [-0.2, 0) is 0 Å². The summed E-state index contributed by atoms with van der Waals surface area (Å²) in [6.07, 6.45) is 1.96. The number of nitrogens with zero attached hydrogens (tertiary/aromatic N) is 1. The predicted molar refractivity (Wildman–Crippen MR) is 87.5 cm³/mol. The molecule has 0 unspecified atom stereocenters. The minimum atomic E-state index is 1.01. The van der Waals surface area contributed by atoms with Crippen molar-refractivity contribution in [2.75, 3.05) is 0 Å². The molecule has 2 aromatic carbocycles. The zero-order valence-electron chi connectivity index (χ0n) is 11.2. The van der Waals surface area contributed by atoms with E-state index in [9.17, 15) is 0 Å². The second kappa shape index (κ2) is 5.59. The Morgan fingerprint density at radius 1 is 0.850 bits per heavy atom. The number of pyridine rings is 1. The Hall–Kier alpha value is -1.93. The zero-order valence-corrected chi connectivity index (χ0v) is 12.8. The molecule has 1 aromatic heterocycles. The van der Waals surface area contributed by atoms with Gasteiger partial charge in [0.15, 0.2) is 0 Å². The third kappa shape index (κ3) is 2.52. The first-order chi connectivity index (χ1) is 9.75. The lowest BCUT2D eigenvalue weighted by atomic mass is 10.0. The van der Waals surface area contributed by atoms with Crippen molar-refractivity contribution in [1.29, 1.82) is 0 Å². The molecule has 1 nitrogen and oxygen atoms in total. The first-order valence-corrected chi connectivity index (χ1v) is 7.32. The smallest absolute Gasteiger partial charge is 0.0705 e. The Bertz CT molecular complexity index is 735. The monoisotopic (exact) mass is 323 g/mol. The fourth-order valence-electron chi connectivity index (χ4n) is 2.28. The maximum atomic E-state index is 4.61.